The average molecular weight is 334 g/mol. The standard InChI is InChI=1S/C19H31NO2Si/c1-14(15(2)23(6,7)8)17(16-12-10-9-11-13-16)20-18(21)22-19(3,4)5/h9-14,17H,2H2,1,3-8H3,(H,20,21)/t14-,17+/m0/s1. The summed E-state index contributed by atoms with van der Waals surface area (Å²) >= 11 is 0. The van der Waals surface area contributed by atoms with Gasteiger partial charge in [0.25, 0.3) is 0 Å². The molecular formula is C19H31NO2Si. The van der Waals surface area contributed by atoms with Crippen LogP contribution in [0.25, 0.3) is 0 Å². The van der Waals surface area contributed by atoms with Crippen LogP contribution in [-0.2, 0) is 4.74 Å². The van der Waals surface area contributed by atoms with Crippen LogP contribution in [0.15, 0.2) is 42.1 Å². The van der Waals surface area contributed by atoms with Gasteiger partial charge in [-0.3, -0.25) is 0 Å². The third-order valence-electron chi connectivity index (χ3n) is 3.84. The van der Waals surface area contributed by atoms with Crippen molar-refractivity contribution in [1.82, 2.24) is 5.32 Å². The predicted molar refractivity (Wildman–Crippen MR) is 100 cm³/mol. The lowest BCUT2D eigenvalue weighted by Crippen LogP contribution is -2.40. The predicted octanol–water partition coefficient (Wildman–Crippen LogP) is 5.32. The SMILES string of the molecule is C=C([C@H](C)[C@@H](NC(=O)OC(C)(C)C)c1ccccc1)[Si](C)(C)C. The van der Waals surface area contributed by atoms with Crippen LogP contribution in [0.4, 0.5) is 4.79 Å². The summed E-state index contributed by atoms with van der Waals surface area (Å²) in [4.78, 5) is 12.3. The maximum atomic E-state index is 12.3. The average Bonchev–Trinajstić information content (AvgIpc) is 2.41. The maximum absolute atomic E-state index is 12.3. The van der Waals surface area contributed by atoms with Crippen molar-refractivity contribution in [3.8, 4) is 0 Å². The van der Waals surface area contributed by atoms with Gasteiger partial charge in [-0.2, -0.15) is 0 Å². The Bertz CT molecular complexity index is 541. The first-order chi connectivity index (χ1) is 10.4. The van der Waals surface area contributed by atoms with E-state index in [2.05, 4.69) is 38.5 Å². The molecule has 0 aromatic heterocycles. The molecule has 0 fully saturated rings. The van der Waals surface area contributed by atoms with E-state index in [1.807, 2.05) is 51.1 Å². The van der Waals surface area contributed by atoms with Crippen molar-refractivity contribution >= 4 is 14.2 Å². The molecule has 0 aliphatic carbocycles. The van der Waals surface area contributed by atoms with E-state index in [1.165, 1.54) is 5.20 Å². The number of rotatable bonds is 5. The fourth-order valence-corrected chi connectivity index (χ4v) is 4.01. The number of ether oxygens (including phenoxy) is 1. The second-order valence-electron chi connectivity index (χ2n) is 8.10. The first kappa shape index (κ1) is 19.5. The lowest BCUT2D eigenvalue weighted by molar-refractivity contribution is 0.0492. The van der Waals surface area contributed by atoms with Gasteiger partial charge in [0.1, 0.15) is 5.60 Å². The molecule has 0 saturated carbocycles. The van der Waals surface area contributed by atoms with E-state index < -0.39 is 13.7 Å². The van der Waals surface area contributed by atoms with Crippen LogP contribution in [0.3, 0.4) is 0 Å². The molecule has 1 aromatic carbocycles. The monoisotopic (exact) mass is 333 g/mol. The summed E-state index contributed by atoms with van der Waals surface area (Å²) in [7, 11) is -1.50. The Morgan fingerprint density at radius 3 is 2.13 bits per heavy atom. The molecule has 1 aromatic rings. The zero-order chi connectivity index (χ0) is 17.8. The lowest BCUT2D eigenvalue weighted by Gasteiger charge is -2.33. The molecule has 2 atom stereocenters. The van der Waals surface area contributed by atoms with Crippen LogP contribution in [0.5, 0.6) is 0 Å². The molecule has 0 aliphatic rings. The highest BCUT2D eigenvalue weighted by Gasteiger charge is 2.31. The third kappa shape index (κ3) is 6.22. The maximum Gasteiger partial charge on any atom is 0.408 e. The van der Waals surface area contributed by atoms with Gasteiger partial charge >= 0.3 is 6.09 Å². The zero-order valence-electron chi connectivity index (χ0n) is 15.6. The largest absolute Gasteiger partial charge is 0.444 e. The molecule has 1 rings (SSSR count). The van der Waals surface area contributed by atoms with E-state index in [9.17, 15) is 4.79 Å². The van der Waals surface area contributed by atoms with Crippen molar-refractivity contribution in [1.29, 1.82) is 0 Å². The molecule has 128 valence electrons. The van der Waals surface area contributed by atoms with E-state index in [-0.39, 0.29) is 18.1 Å². The van der Waals surface area contributed by atoms with E-state index in [4.69, 9.17) is 4.74 Å². The molecule has 23 heavy (non-hydrogen) atoms. The van der Waals surface area contributed by atoms with Crippen LogP contribution in [0.1, 0.15) is 39.3 Å². The molecule has 4 heteroatoms. The molecule has 0 bridgehead atoms. The number of benzene rings is 1. The van der Waals surface area contributed by atoms with Gasteiger partial charge in [0, 0.05) is 0 Å². The Hall–Kier alpha value is -1.55. The Morgan fingerprint density at radius 2 is 1.70 bits per heavy atom. The van der Waals surface area contributed by atoms with Crippen LogP contribution < -0.4 is 5.32 Å². The minimum Gasteiger partial charge on any atom is -0.444 e. The fourth-order valence-electron chi connectivity index (χ4n) is 2.48. The molecule has 1 N–H and O–H groups in total. The molecule has 1 amide bonds. The minimum atomic E-state index is -1.50. The van der Waals surface area contributed by atoms with Gasteiger partial charge in [-0.1, -0.05) is 62.1 Å². The highest BCUT2D eigenvalue weighted by molar-refractivity contribution is 6.83. The fraction of sp³-hybridized carbons (Fsp3) is 0.526. The summed E-state index contributed by atoms with van der Waals surface area (Å²) in [6, 6.07) is 9.90. The van der Waals surface area contributed by atoms with Gasteiger partial charge in [0.2, 0.25) is 0 Å². The molecule has 0 saturated heterocycles. The summed E-state index contributed by atoms with van der Waals surface area (Å²) in [5, 5.41) is 4.28. The molecule has 0 radical (unpaired) electrons. The first-order valence-electron chi connectivity index (χ1n) is 8.15. The van der Waals surface area contributed by atoms with E-state index >= 15 is 0 Å². The first-order valence-corrected chi connectivity index (χ1v) is 11.7. The molecule has 0 spiro atoms. The second kappa shape index (κ2) is 7.34. The second-order valence-corrected chi connectivity index (χ2v) is 13.2. The van der Waals surface area contributed by atoms with Crippen molar-refractivity contribution in [2.75, 3.05) is 0 Å². The Morgan fingerprint density at radius 1 is 1.17 bits per heavy atom. The number of hydrogen-bond donors (Lipinski definition) is 1. The normalized spacial score (nSPS) is 14.7. The van der Waals surface area contributed by atoms with Crippen LogP contribution >= 0.6 is 0 Å². The molecule has 0 heterocycles. The van der Waals surface area contributed by atoms with Crippen molar-refractivity contribution < 1.29 is 9.53 Å². The summed E-state index contributed by atoms with van der Waals surface area (Å²) in [5.41, 5.74) is 0.565. The van der Waals surface area contributed by atoms with Gasteiger partial charge in [-0.05, 0) is 32.3 Å². The van der Waals surface area contributed by atoms with E-state index in [0.717, 1.165) is 5.56 Å². The highest BCUT2D eigenvalue weighted by atomic mass is 28.3. The van der Waals surface area contributed by atoms with Gasteiger partial charge < -0.3 is 10.1 Å². The summed E-state index contributed by atoms with van der Waals surface area (Å²) in [6.45, 7) is 18.9. The molecule has 0 unspecified atom stereocenters. The Balaban J connectivity index is 3.04. The quantitative estimate of drug-likeness (QED) is 0.740. The van der Waals surface area contributed by atoms with Crippen molar-refractivity contribution in [2.45, 2.75) is 59.0 Å². The van der Waals surface area contributed by atoms with Crippen molar-refractivity contribution in [3.05, 3.63) is 47.7 Å². The van der Waals surface area contributed by atoms with Gasteiger partial charge in [-0.15, -0.1) is 6.58 Å². The number of hydrogen-bond acceptors (Lipinski definition) is 2. The highest BCUT2D eigenvalue weighted by Crippen LogP contribution is 2.32. The van der Waals surface area contributed by atoms with Crippen LogP contribution in [-0.4, -0.2) is 19.8 Å². The Kier molecular flexibility index (Phi) is 6.23. The van der Waals surface area contributed by atoms with Gasteiger partial charge in [-0.25, -0.2) is 4.79 Å². The minimum absolute atomic E-state index is 0.134. The molecular weight excluding hydrogens is 302 g/mol. The zero-order valence-corrected chi connectivity index (χ0v) is 16.6. The number of carbonyl (C=O) groups is 1. The Labute approximate surface area is 142 Å². The molecule has 3 nitrogen and oxygen atoms in total. The summed E-state index contributed by atoms with van der Waals surface area (Å²) in [5.74, 6) is 0.150. The van der Waals surface area contributed by atoms with Crippen molar-refractivity contribution in [3.63, 3.8) is 0 Å². The number of nitrogens with one attached hydrogen (secondary N) is 1. The van der Waals surface area contributed by atoms with Crippen molar-refractivity contribution in [2.24, 2.45) is 5.92 Å². The topological polar surface area (TPSA) is 38.3 Å². The van der Waals surface area contributed by atoms with Crippen LogP contribution in [0.2, 0.25) is 19.6 Å². The lowest BCUT2D eigenvalue weighted by atomic mass is 9.94. The van der Waals surface area contributed by atoms with E-state index in [0.29, 0.717) is 0 Å². The van der Waals surface area contributed by atoms with Gasteiger partial charge in [0.05, 0.1) is 14.1 Å². The third-order valence-corrected chi connectivity index (χ3v) is 6.23. The summed E-state index contributed by atoms with van der Waals surface area (Å²) in [6.07, 6.45) is -0.387. The number of amides is 1. The van der Waals surface area contributed by atoms with Gasteiger partial charge in [0.15, 0.2) is 0 Å². The smallest absolute Gasteiger partial charge is 0.408 e. The van der Waals surface area contributed by atoms with E-state index in [1.54, 1.807) is 0 Å². The number of alkyl carbamates (subject to hydrolysis) is 1. The number of carbonyl (C=O) groups excluding carboxylic acids is 1. The molecule has 0 aliphatic heterocycles. The van der Waals surface area contributed by atoms with Crippen LogP contribution in [0, 0.1) is 5.92 Å². The summed E-state index contributed by atoms with van der Waals surface area (Å²) < 4.78 is 5.44.